The molecular weight excluding hydrogens is 244 g/mol. The molecule has 1 rings (SSSR count). The number of likely N-dealkylation sites (N-methyl/N-ethyl adjacent to an activating group) is 1. The first-order valence-electron chi connectivity index (χ1n) is 6.73. The quantitative estimate of drug-likeness (QED) is 0.827. The number of nitrogens with one attached hydrogen (secondary N) is 1. The first kappa shape index (κ1) is 15.6. The van der Waals surface area contributed by atoms with E-state index in [1.54, 1.807) is 11.3 Å². The van der Waals surface area contributed by atoms with Crippen LogP contribution in [0.2, 0.25) is 0 Å². The second-order valence-electron chi connectivity index (χ2n) is 5.49. The molecule has 1 aromatic rings. The van der Waals surface area contributed by atoms with Gasteiger partial charge in [-0.1, -0.05) is 27.7 Å². The summed E-state index contributed by atoms with van der Waals surface area (Å²) in [5.41, 5.74) is 1.33. The van der Waals surface area contributed by atoms with Crippen LogP contribution in [0.4, 0.5) is 0 Å². The fraction of sp³-hybridized carbons (Fsp3) is 0.786. The van der Waals surface area contributed by atoms with Gasteiger partial charge in [-0.25, -0.2) is 4.98 Å². The molecule has 0 spiro atoms. The highest BCUT2D eigenvalue weighted by molar-refractivity contribution is 7.09. The second-order valence-corrected chi connectivity index (χ2v) is 6.44. The van der Waals surface area contributed by atoms with Gasteiger partial charge in [0.15, 0.2) is 0 Å². The summed E-state index contributed by atoms with van der Waals surface area (Å²) in [6, 6.07) is 0.369. The third-order valence-electron chi connectivity index (χ3n) is 2.76. The van der Waals surface area contributed by atoms with E-state index in [1.807, 2.05) is 6.92 Å². The van der Waals surface area contributed by atoms with Crippen LogP contribution in [-0.2, 0) is 16.6 Å². The normalized spacial score (nSPS) is 13.8. The Morgan fingerprint density at radius 3 is 2.61 bits per heavy atom. The van der Waals surface area contributed by atoms with Crippen molar-refractivity contribution in [2.24, 2.45) is 0 Å². The fourth-order valence-corrected chi connectivity index (χ4v) is 2.80. The molecule has 3 nitrogen and oxygen atoms in total. The Labute approximate surface area is 115 Å². The van der Waals surface area contributed by atoms with Gasteiger partial charge >= 0.3 is 0 Å². The Morgan fingerprint density at radius 2 is 2.11 bits per heavy atom. The van der Waals surface area contributed by atoms with E-state index in [0.717, 1.165) is 26.2 Å². The molecule has 0 aliphatic carbocycles. The number of thiazole rings is 1. The van der Waals surface area contributed by atoms with Crippen molar-refractivity contribution in [1.29, 1.82) is 0 Å². The highest BCUT2D eigenvalue weighted by atomic mass is 32.1. The lowest BCUT2D eigenvalue weighted by Gasteiger charge is -2.17. The molecule has 1 N–H and O–H groups in total. The zero-order valence-corrected chi connectivity index (χ0v) is 13.1. The predicted molar refractivity (Wildman–Crippen MR) is 78.5 cm³/mol. The van der Waals surface area contributed by atoms with E-state index in [2.05, 4.69) is 38.4 Å². The van der Waals surface area contributed by atoms with Crippen LogP contribution in [0, 0.1) is 0 Å². The summed E-state index contributed by atoms with van der Waals surface area (Å²) >= 11 is 1.76. The van der Waals surface area contributed by atoms with Crippen LogP contribution in [-0.4, -0.2) is 30.8 Å². The lowest BCUT2D eigenvalue weighted by Crippen LogP contribution is -2.35. The summed E-state index contributed by atoms with van der Waals surface area (Å²) in [4.78, 5) is 4.73. The molecule has 0 saturated carbocycles. The Kier molecular flexibility index (Phi) is 6.26. The zero-order chi connectivity index (χ0) is 13.6. The van der Waals surface area contributed by atoms with Gasteiger partial charge in [-0.3, -0.25) is 0 Å². The maximum atomic E-state index is 5.51. The third kappa shape index (κ3) is 5.04. The summed E-state index contributed by atoms with van der Waals surface area (Å²) in [5, 5.41) is 6.83. The first-order chi connectivity index (χ1) is 8.47. The standard InChI is InChI=1S/C14H26N2OS/c1-6-15-11(9-17-7-2)8-13-16-12(10-18-13)14(3,4)5/h10-11,15H,6-9H2,1-5H3. The molecule has 104 valence electrons. The van der Waals surface area contributed by atoms with Crippen LogP contribution in [0.15, 0.2) is 5.38 Å². The fourth-order valence-electron chi connectivity index (χ4n) is 1.70. The first-order valence-corrected chi connectivity index (χ1v) is 7.61. The molecule has 0 fully saturated rings. The van der Waals surface area contributed by atoms with Crippen LogP contribution >= 0.6 is 11.3 Å². The van der Waals surface area contributed by atoms with Crippen molar-refractivity contribution < 1.29 is 4.74 Å². The molecule has 0 aliphatic heterocycles. The Morgan fingerprint density at radius 1 is 1.39 bits per heavy atom. The van der Waals surface area contributed by atoms with Crippen molar-refractivity contribution >= 4 is 11.3 Å². The third-order valence-corrected chi connectivity index (χ3v) is 3.63. The van der Waals surface area contributed by atoms with Gasteiger partial charge in [-0.05, 0) is 13.5 Å². The minimum atomic E-state index is 0.141. The molecule has 18 heavy (non-hydrogen) atoms. The van der Waals surface area contributed by atoms with Crippen LogP contribution in [0.1, 0.15) is 45.3 Å². The minimum absolute atomic E-state index is 0.141. The molecule has 0 saturated heterocycles. The molecular formula is C14H26N2OS. The van der Waals surface area contributed by atoms with E-state index in [-0.39, 0.29) is 5.41 Å². The highest BCUT2D eigenvalue weighted by Crippen LogP contribution is 2.24. The Hall–Kier alpha value is -0.450. The van der Waals surface area contributed by atoms with E-state index >= 15 is 0 Å². The van der Waals surface area contributed by atoms with Crippen molar-refractivity contribution in [2.45, 2.75) is 52.5 Å². The second kappa shape index (κ2) is 7.22. The maximum Gasteiger partial charge on any atom is 0.0944 e. The van der Waals surface area contributed by atoms with Gasteiger partial charge in [0.05, 0.1) is 17.3 Å². The van der Waals surface area contributed by atoms with Crippen LogP contribution in [0.25, 0.3) is 0 Å². The molecule has 0 aromatic carbocycles. The molecule has 1 aromatic heterocycles. The van der Waals surface area contributed by atoms with Gasteiger partial charge in [0.25, 0.3) is 0 Å². The Bertz CT molecular complexity index is 344. The maximum absolute atomic E-state index is 5.51. The van der Waals surface area contributed by atoms with Gasteiger partial charge in [-0.2, -0.15) is 0 Å². The smallest absolute Gasteiger partial charge is 0.0944 e. The van der Waals surface area contributed by atoms with Crippen molar-refractivity contribution in [3.8, 4) is 0 Å². The van der Waals surface area contributed by atoms with Gasteiger partial charge in [0.1, 0.15) is 0 Å². The lowest BCUT2D eigenvalue weighted by molar-refractivity contribution is 0.123. The van der Waals surface area contributed by atoms with Crippen molar-refractivity contribution in [3.63, 3.8) is 0 Å². The van der Waals surface area contributed by atoms with Gasteiger partial charge in [0.2, 0.25) is 0 Å². The number of hydrogen-bond acceptors (Lipinski definition) is 4. The number of rotatable bonds is 7. The average Bonchev–Trinajstić information content (AvgIpc) is 2.74. The number of ether oxygens (including phenoxy) is 1. The van der Waals surface area contributed by atoms with Crippen LogP contribution in [0.5, 0.6) is 0 Å². The topological polar surface area (TPSA) is 34.1 Å². The highest BCUT2D eigenvalue weighted by Gasteiger charge is 2.18. The van der Waals surface area contributed by atoms with Crippen LogP contribution < -0.4 is 5.32 Å². The van der Waals surface area contributed by atoms with E-state index in [1.165, 1.54) is 10.7 Å². The summed E-state index contributed by atoms with van der Waals surface area (Å²) in [6.07, 6.45) is 0.953. The van der Waals surface area contributed by atoms with Gasteiger partial charge in [0, 0.05) is 29.9 Å². The summed E-state index contributed by atoms with van der Waals surface area (Å²) < 4.78 is 5.51. The van der Waals surface area contributed by atoms with Gasteiger partial charge < -0.3 is 10.1 Å². The SMILES string of the molecule is CCNC(COCC)Cc1nc(C(C)(C)C)cs1. The molecule has 1 unspecified atom stereocenters. The minimum Gasteiger partial charge on any atom is -0.380 e. The molecule has 4 heteroatoms. The predicted octanol–water partition coefficient (Wildman–Crippen LogP) is 3.00. The van der Waals surface area contributed by atoms with E-state index in [4.69, 9.17) is 9.72 Å². The summed E-state index contributed by atoms with van der Waals surface area (Å²) in [7, 11) is 0. The molecule has 0 radical (unpaired) electrons. The Balaban J connectivity index is 2.60. The zero-order valence-electron chi connectivity index (χ0n) is 12.2. The van der Waals surface area contributed by atoms with Crippen molar-refractivity contribution in [2.75, 3.05) is 19.8 Å². The molecule has 0 amide bonds. The van der Waals surface area contributed by atoms with Gasteiger partial charge in [-0.15, -0.1) is 11.3 Å². The van der Waals surface area contributed by atoms with Crippen LogP contribution in [0.3, 0.4) is 0 Å². The largest absolute Gasteiger partial charge is 0.380 e. The summed E-state index contributed by atoms with van der Waals surface area (Å²) in [6.45, 7) is 13.3. The lowest BCUT2D eigenvalue weighted by atomic mass is 9.93. The molecule has 1 atom stereocenters. The number of aromatic nitrogens is 1. The number of nitrogens with zero attached hydrogens (tertiary/aromatic N) is 1. The van der Waals surface area contributed by atoms with E-state index < -0.39 is 0 Å². The number of hydrogen-bond donors (Lipinski definition) is 1. The van der Waals surface area contributed by atoms with E-state index in [0.29, 0.717) is 6.04 Å². The molecule has 0 aliphatic rings. The average molecular weight is 270 g/mol. The summed E-state index contributed by atoms with van der Waals surface area (Å²) in [5.74, 6) is 0. The van der Waals surface area contributed by atoms with E-state index in [9.17, 15) is 0 Å². The molecule has 1 heterocycles. The molecule has 0 bridgehead atoms. The monoisotopic (exact) mass is 270 g/mol. The van der Waals surface area contributed by atoms with Crippen molar-refractivity contribution in [1.82, 2.24) is 10.3 Å². The van der Waals surface area contributed by atoms with Crippen molar-refractivity contribution in [3.05, 3.63) is 16.1 Å².